The van der Waals surface area contributed by atoms with Crippen molar-refractivity contribution in [3.8, 4) is 0 Å². The molecule has 0 nitrogen and oxygen atoms in total. The predicted octanol–water partition coefficient (Wildman–Crippen LogP) is 4.63. The first kappa shape index (κ1) is 12.0. The van der Waals surface area contributed by atoms with Crippen molar-refractivity contribution in [2.75, 3.05) is 0 Å². The molecular formula is C8H4Br2F4. The Morgan fingerprint density at radius 3 is 2.14 bits per heavy atom. The van der Waals surface area contributed by atoms with Crippen LogP contribution in [-0.4, -0.2) is 0 Å². The lowest BCUT2D eigenvalue weighted by molar-refractivity contribution is -0.140. The van der Waals surface area contributed by atoms with Gasteiger partial charge in [-0.25, -0.2) is 4.39 Å². The molecular weight excluding hydrogens is 332 g/mol. The Bertz CT molecular complexity index is 333. The van der Waals surface area contributed by atoms with E-state index in [1.165, 1.54) is 6.07 Å². The quantitative estimate of drug-likeness (QED) is 0.518. The van der Waals surface area contributed by atoms with Crippen molar-refractivity contribution in [2.45, 2.75) is 9.91 Å². The molecule has 0 aliphatic rings. The van der Waals surface area contributed by atoms with Crippen LogP contribution >= 0.6 is 31.9 Å². The van der Waals surface area contributed by atoms with Gasteiger partial charge in [0.25, 0.3) is 0 Å². The number of benzene rings is 1. The van der Waals surface area contributed by atoms with Crippen LogP contribution in [0.5, 0.6) is 0 Å². The van der Waals surface area contributed by atoms with Gasteiger partial charge in [0.15, 0.2) is 0 Å². The normalized spacial score (nSPS) is 12.2. The highest BCUT2D eigenvalue weighted by Gasteiger charge is 2.35. The van der Waals surface area contributed by atoms with Gasteiger partial charge in [-0.2, -0.15) is 13.2 Å². The monoisotopic (exact) mass is 334 g/mol. The zero-order valence-electron chi connectivity index (χ0n) is 6.58. The fraction of sp³-hybridized carbons (Fsp3) is 0.250. The van der Waals surface area contributed by atoms with Gasteiger partial charge in [0.2, 0.25) is 0 Å². The van der Waals surface area contributed by atoms with Crippen molar-refractivity contribution < 1.29 is 17.6 Å². The van der Waals surface area contributed by atoms with Gasteiger partial charge in [0, 0.05) is 5.56 Å². The molecule has 0 N–H and O–H groups in total. The second kappa shape index (κ2) is 4.18. The van der Waals surface area contributed by atoms with E-state index in [4.69, 9.17) is 0 Å². The minimum absolute atomic E-state index is 0.0696. The van der Waals surface area contributed by atoms with Crippen molar-refractivity contribution in [1.29, 1.82) is 0 Å². The third kappa shape index (κ3) is 2.48. The first-order chi connectivity index (χ1) is 6.34. The molecule has 0 aliphatic carbocycles. The molecule has 0 saturated heterocycles. The summed E-state index contributed by atoms with van der Waals surface area (Å²) in [7, 11) is 0. The van der Waals surface area contributed by atoms with Crippen molar-refractivity contribution in [3.63, 3.8) is 0 Å². The average Bonchev–Trinajstić information content (AvgIpc) is 2.01. The molecule has 78 valence electrons. The highest BCUT2D eigenvalue weighted by Crippen LogP contribution is 2.37. The third-order valence-corrected chi connectivity index (χ3v) is 2.56. The van der Waals surface area contributed by atoms with E-state index in [0.717, 1.165) is 6.07 Å². The maximum atomic E-state index is 13.2. The minimum atomic E-state index is -4.66. The van der Waals surface area contributed by atoms with Crippen LogP contribution in [0, 0.1) is 5.82 Å². The van der Waals surface area contributed by atoms with E-state index < -0.39 is 21.3 Å². The van der Waals surface area contributed by atoms with Crippen LogP contribution in [0.15, 0.2) is 18.2 Å². The van der Waals surface area contributed by atoms with E-state index in [9.17, 15) is 17.6 Å². The topological polar surface area (TPSA) is 0 Å². The molecule has 0 bridgehead atoms. The summed E-state index contributed by atoms with van der Waals surface area (Å²) < 4.78 is 49.3. The van der Waals surface area contributed by atoms with Gasteiger partial charge in [-0.15, -0.1) is 0 Å². The Morgan fingerprint density at radius 1 is 1.14 bits per heavy atom. The summed E-state index contributed by atoms with van der Waals surface area (Å²) in [5.74, 6) is -1.25. The highest BCUT2D eigenvalue weighted by molar-refractivity contribution is 9.24. The SMILES string of the molecule is Fc1c(C(Br)Br)cccc1C(F)(F)F. The molecule has 14 heavy (non-hydrogen) atoms. The summed E-state index contributed by atoms with van der Waals surface area (Å²) in [4.78, 5) is 0. The second-order valence-electron chi connectivity index (χ2n) is 2.51. The van der Waals surface area contributed by atoms with Gasteiger partial charge in [0.1, 0.15) is 5.82 Å². The zero-order valence-corrected chi connectivity index (χ0v) is 9.75. The molecule has 1 rings (SSSR count). The summed E-state index contributed by atoms with van der Waals surface area (Å²) >= 11 is 5.89. The van der Waals surface area contributed by atoms with Crippen molar-refractivity contribution in [1.82, 2.24) is 0 Å². The molecule has 0 fully saturated rings. The molecule has 0 spiro atoms. The fourth-order valence-electron chi connectivity index (χ4n) is 0.937. The first-order valence-corrected chi connectivity index (χ1v) is 5.31. The largest absolute Gasteiger partial charge is 0.419 e. The van der Waals surface area contributed by atoms with Crippen LogP contribution in [0.1, 0.15) is 14.9 Å². The Morgan fingerprint density at radius 2 is 1.71 bits per heavy atom. The van der Waals surface area contributed by atoms with Crippen LogP contribution in [0.3, 0.4) is 0 Å². The molecule has 6 heteroatoms. The highest BCUT2D eigenvalue weighted by atomic mass is 79.9. The standard InChI is InChI=1S/C8H4Br2F4/c9-7(10)4-2-1-3-5(6(4)11)8(12,13)14/h1-3,7H. The van der Waals surface area contributed by atoms with Crippen molar-refractivity contribution in [3.05, 3.63) is 35.1 Å². The minimum Gasteiger partial charge on any atom is -0.206 e. The van der Waals surface area contributed by atoms with Crippen LogP contribution < -0.4 is 0 Å². The summed E-state index contributed by atoms with van der Waals surface area (Å²) in [5, 5.41) is 0. The molecule has 1 aromatic carbocycles. The predicted molar refractivity (Wildman–Crippen MR) is 52.0 cm³/mol. The molecule has 0 amide bonds. The molecule has 0 atom stereocenters. The van der Waals surface area contributed by atoms with Gasteiger partial charge in [-0.1, -0.05) is 44.0 Å². The molecule has 0 radical (unpaired) electrons. The fourth-order valence-corrected chi connectivity index (χ4v) is 1.64. The van der Waals surface area contributed by atoms with Gasteiger partial charge in [-0.3, -0.25) is 0 Å². The van der Waals surface area contributed by atoms with E-state index in [-0.39, 0.29) is 5.56 Å². The Hall–Kier alpha value is -0.100. The van der Waals surface area contributed by atoms with Gasteiger partial charge >= 0.3 is 6.18 Å². The number of alkyl halides is 5. The second-order valence-corrected chi connectivity index (χ2v) is 5.57. The third-order valence-electron chi connectivity index (χ3n) is 1.57. The van der Waals surface area contributed by atoms with Crippen LogP contribution in [-0.2, 0) is 6.18 Å². The van der Waals surface area contributed by atoms with E-state index >= 15 is 0 Å². The maximum Gasteiger partial charge on any atom is 0.419 e. The van der Waals surface area contributed by atoms with Gasteiger partial charge < -0.3 is 0 Å². The van der Waals surface area contributed by atoms with E-state index in [1.807, 2.05) is 0 Å². The van der Waals surface area contributed by atoms with Crippen LogP contribution in [0.2, 0.25) is 0 Å². The molecule has 0 aliphatic heterocycles. The summed E-state index contributed by atoms with van der Waals surface area (Å²) in [5.41, 5.74) is -1.32. The Balaban J connectivity index is 3.28. The van der Waals surface area contributed by atoms with Crippen molar-refractivity contribution in [2.24, 2.45) is 0 Å². The Kier molecular flexibility index (Phi) is 3.58. The van der Waals surface area contributed by atoms with Crippen LogP contribution in [0.4, 0.5) is 17.6 Å². The molecule has 0 heterocycles. The smallest absolute Gasteiger partial charge is 0.206 e. The number of rotatable bonds is 1. The summed E-state index contributed by atoms with van der Waals surface area (Å²) in [6.45, 7) is 0. The Labute approximate surface area is 94.6 Å². The first-order valence-electron chi connectivity index (χ1n) is 3.48. The average molecular weight is 336 g/mol. The maximum absolute atomic E-state index is 13.2. The lowest BCUT2D eigenvalue weighted by Gasteiger charge is -2.11. The van der Waals surface area contributed by atoms with E-state index in [2.05, 4.69) is 31.9 Å². The summed E-state index contributed by atoms with van der Waals surface area (Å²) in [6, 6.07) is 3.15. The number of hydrogen-bond acceptors (Lipinski definition) is 0. The van der Waals surface area contributed by atoms with Crippen LogP contribution in [0.25, 0.3) is 0 Å². The van der Waals surface area contributed by atoms with Crippen molar-refractivity contribution >= 4 is 31.9 Å². The number of hydrogen-bond donors (Lipinski definition) is 0. The van der Waals surface area contributed by atoms with E-state index in [1.54, 1.807) is 0 Å². The number of halogens is 6. The molecule has 0 aromatic heterocycles. The molecule has 0 unspecified atom stereocenters. The molecule has 1 aromatic rings. The van der Waals surface area contributed by atoms with E-state index in [0.29, 0.717) is 6.07 Å². The van der Waals surface area contributed by atoms with Gasteiger partial charge in [0.05, 0.1) is 9.30 Å². The van der Waals surface area contributed by atoms with Gasteiger partial charge in [-0.05, 0) is 6.07 Å². The summed E-state index contributed by atoms with van der Waals surface area (Å²) in [6.07, 6.45) is -4.66. The lowest BCUT2D eigenvalue weighted by atomic mass is 10.1. The zero-order chi connectivity index (χ0) is 10.9. The lowest BCUT2D eigenvalue weighted by Crippen LogP contribution is -2.09. The molecule has 0 saturated carbocycles.